The molecule has 0 aromatic heterocycles. The third-order valence-corrected chi connectivity index (χ3v) is 6.58. The highest BCUT2D eigenvalue weighted by Crippen LogP contribution is 2.28. The van der Waals surface area contributed by atoms with Crippen molar-refractivity contribution in [2.24, 2.45) is 0 Å². The van der Waals surface area contributed by atoms with Crippen LogP contribution in [0, 0.1) is 0 Å². The first-order valence-electron chi connectivity index (χ1n) is 10.7. The number of halogens is 1. The molecule has 0 aliphatic carbocycles. The molecule has 0 saturated carbocycles. The van der Waals surface area contributed by atoms with Gasteiger partial charge in [0.05, 0.1) is 6.54 Å². The maximum atomic E-state index is 12.9. The Labute approximate surface area is 177 Å². The van der Waals surface area contributed by atoms with Crippen LogP contribution in [0.25, 0.3) is 0 Å². The van der Waals surface area contributed by atoms with Crippen LogP contribution in [0.5, 0.6) is 0 Å². The van der Waals surface area contributed by atoms with Crippen molar-refractivity contribution >= 4 is 23.4 Å². The van der Waals surface area contributed by atoms with Crippen LogP contribution >= 0.6 is 11.6 Å². The van der Waals surface area contributed by atoms with E-state index in [2.05, 4.69) is 15.8 Å². The molecule has 2 unspecified atom stereocenters. The van der Waals surface area contributed by atoms with Crippen molar-refractivity contribution in [3.63, 3.8) is 0 Å². The Morgan fingerprint density at radius 2 is 1.66 bits per heavy atom. The van der Waals surface area contributed by atoms with E-state index in [1.807, 2.05) is 34.1 Å². The number of amides is 2. The fourth-order valence-electron chi connectivity index (χ4n) is 4.46. The number of hydrogen-bond acceptors (Lipinski definition) is 5. The summed E-state index contributed by atoms with van der Waals surface area (Å²) in [7, 11) is 0. The predicted molar refractivity (Wildman–Crippen MR) is 112 cm³/mol. The fourth-order valence-corrected chi connectivity index (χ4v) is 4.73. The van der Waals surface area contributed by atoms with Gasteiger partial charge in [0.1, 0.15) is 6.04 Å². The minimum absolute atomic E-state index is 0.0288. The lowest BCUT2D eigenvalue weighted by Crippen LogP contribution is -2.55. The zero-order valence-corrected chi connectivity index (χ0v) is 17.5. The van der Waals surface area contributed by atoms with Gasteiger partial charge in [0, 0.05) is 50.3 Å². The van der Waals surface area contributed by atoms with Crippen LogP contribution in [-0.4, -0.2) is 78.4 Å². The van der Waals surface area contributed by atoms with Gasteiger partial charge in [-0.05, 0) is 37.3 Å². The topological polar surface area (TPSA) is 67.9 Å². The summed E-state index contributed by atoms with van der Waals surface area (Å²) in [6, 6.07) is 7.51. The molecule has 3 aliphatic heterocycles. The van der Waals surface area contributed by atoms with E-state index in [-0.39, 0.29) is 23.9 Å². The third kappa shape index (κ3) is 4.91. The molecule has 0 radical (unpaired) electrons. The normalized spacial score (nSPS) is 26.0. The molecule has 2 N–H and O–H groups in total. The van der Waals surface area contributed by atoms with Crippen LogP contribution in [-0.2, 0) is 9.59 Å². The van der Waals surface area contributed by atoms with Crippen LogP contribution in [0.2, 0.25) is 5.02 Å². The molecule has 2 atom stereocenters. The molecule has 2 amide bonds. The standard InChI is InChI=1S/C21H30ClN5O2/c22-17-7-3-2-6-16(17)18-14-19(24-23-18)21(29)27-12-10-25(11-13-27)15-20(28)26-8-4-1-5-9-26/h2-3,6-7,18-19,23-24H,1,4-5,8-15H2. The van der Waals surface area contributed by atoms with Gasteiger partial charge in [0.15, 0.2) is 0 Å². The van der Waals surface area contributed by atoms with E-state index in [0.29, 0.717) is 31.1 Å². The molecule has 1 aromatic carbocycles. The van der Waals surface area contributed by atoms with E-state index in [9.17, 15) is 9.59 Å². The second-order valence-corrected chi connectivity index (χ2v) is 8.60. The van der Waals surface area contributed by atoms with Crippen molar-refractivity contribution in [3.8, 4) is 0 Å². The Morgan fingerprint density at radius 3 is 2.38 bits per heavy atom. The molecule has 3 fully saturated rings. The average molecular weight is 420 g/mol. The van der Waals surface area contributed by atoms with Gasteiger partial charge in [-0.15, -0.1) is 0 Å². The Balaban J connectivity index is 1.24. The molecule has 29 heavy (non-hydrogen) atoms. The first-order chi connectivity index (χ1) is 14.1. The average Bonchev–Trinajstić information content (AvgIpc) is 3.25. The van der Waals surface area contributed by atoms with Gasteiger partial charge in [-0.25, -0.2) is 10.9 Å². The second kappa shape index (κ2) is 9.43. The van der Waals surface area contributed by atoms with Gasteiger partial charge in [-0.2, -0.15) is 0 Å². The van der Waals surface area contributed by atoms with E-state index in [1.165, 1.54) is 6.42 Å². The summed E-state index contributed by atoms with van der Waals surface area (Å²) in [5.41, 5.74) is 7.37. The maximum Gasteiger partial charge on any atom is 0.241 e. The molecule has 3 saturated heterocycles. The lowest BCUT2D eigenvalue weighted by atomic mass is 10.0. The number of benzene rings is 1. The minimum Gasteiger partial charge on any atom is -0.342 e. The van der Waals surface area contributed by atoms with Gasteiger partial charge in [-0.1, -0.05) is 29.8 Å². The van der Waals surface area contributed by atoms with Crippen LogP contribution in [0.1, 0.15) is 37.3 Å². The number of carbonyl (C=O) groups is 2. The molecular formula is C21H30ClN5O2. The molecular weight excluding hydrogens is 390 g/mol. The van der Waals surface area contributed by atoms with E-state index in [4.69, 9.17) is 11.6 Å². The van der Waals surface area contributed by atoms with Crippen LogP contribution in [0.15, 0.2) is 24.3 Å². The summed E-state index contributed by atoms with van der Waals surface area (Å²) in [6.45, 7) is 5.09. The summed E-state index contributed by atoms with van der Waals surface area (Å²) in [5.74, 6) is 0.350. The van der Waals surface area contributed by atoms with Crippen molar-refractivity contribution in [1.82, 2.24) is 25.6 Å². The van der Waals surface area contributed by atoms with Crippen LogP contribution < -0.4 is 10.9 Å². The molecule has 8 heteroatoms. The molecule has 3 aliphatic rings. The lowest BCUT2D eigenvalue weighted by molar-refractivity contribution is -0.136. The van der Waals surface area contributed by atoms with Crippen LogP contribution in [0.4, 0.5) is 0 Å². The monoisotopic (exact) mass is 419 g/mol. The Bertz CT molecular complexity index is 732. The van der Waals surface area contributed by atoms with E-state index >= 15 is 0 Å². The molecule has 0 spiro atoms. The Morgan fingerprint density at radius 1 is 0.931 bits per heavy atom. The van der Waals surface area contributed by atoms with Gasteiger partial charge in [0.2, 0.25) is 11.8 Å². The number of nitrogens with zero attached hydrogens (tertiary/aromatic N) is 3. The zero-order valence-electron chi connectivity index (χ0n) is 16.8. The SMILES string of the molecule is O=C(CN1CCN(C(=O)C2CC(c3ccccc3Cl)NN2)CC1)N1CCCCC1. The number of carbonyl (C=O) groups excluding carboxylic acids is 2. The highest BCUT2D eigenvalue weighted by atomic mass is 35.5. The molecule has 158 valence electrons. The first kappa shape index (κ1) is 20.6. The number of piperidine rings is 1. The Hall–Kier alpha value is -1.67. The smallest absolute Gasteiger partial charge is 0.241 e. The zero-order chi connectivity index (χ0) is 20.2. The van der Waals surface area contributed by atoms with Gasteiger partial charge < -0.3 is 9.80 Å². The lowest BCUT2D eigenvalue weighted by Gasteiger charge is -2.36. The van der Waals surface area contributed by atoms with Gasteiger partial charge in [-0.3, -0.25) is 14.5 Å². The van der Waals surface area contributed by atoms with Crippen molar-refractivity contribution in [2.75, 3.05) is 45.8 Å². The molecule has 7 nitrogen and oxygen atoms in total. The highest BCUT2D eigenvalue weighted by Gasteiger charge is 2.35. The summed E-state index contributed by atoms with van der Waals surface area (Å²) < 4.78 is 0. The predicted octanol–water partition coefficient (Wildman–Crippen LogP) is 1.40. The number of nitrogens with one attached hydrogen (secondary N) is 2. The molecule has 4 rings (SSSR count). The molecule has 0 bridgehead atoms. The van der Waals surface area contributed by atoms with Gasteiger partial charge >= 0.3 is 0 Å². The quantitative estimate of drug-likeness (QED) is 0.772. The fraction of sp³-hybridized carbons (Fsp3) is 0.619. The van der Waals surface area contributed by atoms with E-state index in [1.54, 1.807) is 0 Å². The van der Waals surface area contributed by atoms with E-state index < -0.39 is 0 Å². The number of likely N-dealkylation sites (tertiary alicyclic amines) is 1. The summed E-state index contributed by atoms with van der Waals surface area (Å²) in [5, 5.41) is 0.715. The van der Waals surface area contributed by atoms with Gasteiger partial charge in [0.25, 0.3) is 0 Å². The minimum atomic E-state index is -0.252. The number of rotatable bonds is 4. The molecule has 3 heterocycles. The summed E-state index contributed by atoms with van der Waals surface area (Å²) >= 11 is 6.29. The number of piperazine rings is 1. The summed E-state index contributed by atoms with van der Waals surface area (Å²) in [6.07, 6.45) is 4.14. The second-order valence-electron chi connectivity index (χ2n) is 8.19. The van der Waals surface area contributed by atoms with Crippen LogP contribution in [0.3, 0.4) is 0 Å². The maximum absolute atomic E-state index is 12.9. The first-order valence-corrected chi connectivity index (χ1v) is 11.0. The van der Waals surface area contributed by atoms with Crippen molar-refractivity contribution in [2.45, 2.75) is 37.8 Å². The van der Waals surface area contributed by atoms with Crippen molar-refractivity contribution in [3.05, 3.63) is 34.9 Å². The van der Waals surface area contributed by atoms with Crippen molar-refractivity contribution in [1.29, 1.82) is 0 Å². The number of hydrogen-bond donors (Lipinski definition) is 2. The largest absolute Gasteiger partial charge is 0.342 e. The van der Waals surface area contributed by atoms with Crippen molar-refractivity contribution < 1.29 is 9.59 Å². The third-order valence-electron chi connectivity index (χ3n) is 6.23. The Kier molecular flexibility index (Phi) is 6.70. The summed E-state index contributed by atoms with van der Waals surface area (Å²) in [4.78, 5) is 31.5. The highest BCUT2D eigenvalue weighted by molar-refractivity contribution is 6.31. The molecule has 1 aromatic rings. The van der Waals surface area contributed by atoms with E-state index in [0.717, 1.165) is 44.6 Å². The number of hydrazine groups is 1.